The fourth-order valence-corrected chi connectivity index (χ4v) is 0.864. The van der Waals surface area contributed by atoms with E-state index >= 15 is 0 Å². The van der Waals surface area contributed by atoms with Gasteiger partial charge >= 0.3 is 12.4 Å². The van der Waals surface area contributed by atoms with Crippen molar-refractivity contribution >= 4 is 0 Å². The van der Waals surface area contributed by atoms with Crippen LogP contribution < -0.4 is 0 Å². The predicted molar refractivity (Wildman–Crippen MR) is 51.9 cm³/mol. The molecule has 10 heteroatoms. The van der Waals surface area contributed by atoms with Crippen LogP contribution in [0.15, 0.2) is 0 Å². The first-order valence-corrected chi connectivity index (χ1v) is 5.16. The predicted octanol–water partition coefficient (Wildman–Crippen LogP) is 1.32. The topological polar surface area (TPSA) is 80.9 Å². The van der Waals surface area contributed by atoms with Gasteiger partial charge in [-0.15, -0.1) is 0 Å². The molecule has 0 bridgehead atoms. The first-order valence-electron chi connectivity index (χ1n) is 5.16. The summed E-state index contributed by atoms with van der Waals surface area (Å²) in [6.45, 7) is 0.495. The largest absolute Gasteiger partial charge is 0.426 e. The number of alkyl halides is 6. The lowest BCUT2D eigenvalue weighted by Gasteiger charge is -2.31. The van der Waals surface area contributed by atoms with Crippen LogP contribution in [0.5, 0.6) is 0 Å². The number of halogens is 6. The highest BCUT2D eigenvalue weighted by atomic mass is 19.4. The normalized spacial score (nSPS) is 13.3. The lowest BCUT2D eigenvalue weighted by molar-refractivity contribution is -0.371. The number of rotatable bonds is 4. The van der Waals surface area contributed by atoms with Crippen molar-refractivity contribution in [1.82, 2.24) is 0 Å². The van der Waals surface area contributed by atoms with E-state index in [0.717, 1.165) is 6.42 Å². The molecule has 0 aliphatic rings. The minimum atomic E-state index is -5.84. The summed E-state index contributed by atoms with van der Waals surface area (Å²) in [5.74, 6) is 0. The van der Waals surface area contributed by atoms with Crippen LogP contribution in [-0.4, -0.2) is 51.3 Å². The molecule has 0 aliphatic heterocycles. The van der Waals surface area contributed by atoms with Crippen LogP contribution in [0.25, 0.3) is 0 Å². The highest BCUT2D eigenvalue weighted by molar-refractivity contribution is 4.93. The highest BCUT2D eigenvalue weighted by Crippen LogP contribution is 2.44. The summed E-state index contributed by atoms with van der Waals surface area (Å²) >= 11 is 0. The van der Waals surface area contributed by atoms with Crippen molar-refractivity contribution in [2.45, 2.75) is 50.4 Å². The molecule has 0 aliphatic carbocycles. The van der Waals surface area contributed by atoms with Crippen molar-refractivity contribution in [3.63, 3.8) is 0 Å². The Labute approximate surface area is 105 Å². The van der Waals surface area contributed by atoms with E-state index < -0.39 is 37.3 Å². The summed E-state index contributed by atoms with van der Waals surface area (Å²) in [6.07, 6.45) is -13.3. The molecule has 4 nitrogen and oxygen atoms in total. The molecule has 0 saturated heterocycles. The Hall–Kier alpha value is -0.580. The second-order valence-electron chi connectivity index (χ2n) is 3.60. The average Bonchev–Trinajstić information content (AvgIpc) is 2.15. The van der Waals surface area contributed by atoms with Crippen LogP contribution in [0.4, 0.5) is 26.3 Å². The molecule has 0 heterocycles. The van der Waals surface area contributed by atoms with Gasteiger partial charge in [-0.05, 0) is 6.42 Å². The summed E-state index contributed by atoms with van der Waals surface area (Å²) in [5, 5.41) is 32.5. The molecule has 0 aromatic rings. The molecule has 118 valence electrons. The van der Waals surface area contributed by atoms with Crippen LogP contribution in [0, 0.1) is 0 Å². The SMILES string of the molecule is CCCC(O)O.OCCC(O)(C(F)(F)F)C(F)(F)F. The minimum Gasteiger partial charge on any atom is -0.396 e. The molecule has 0 spiro atoms. The third kappa shape index (κ3) is 6.95. The fraction of sp³-hybridized carbons (Fsp3) is 1.00. The number of hydrogen-bond donors (Lipinski definition) is 4. The Morgan fingerprint density at radius 2 is 1.32 bits per heavy atom. The highest BCUT2D eigenvalue weighted by Gasteiger charge is 2.69. The van der Waals surface area contributed by atoms with Gasteiger partial charge in [0.25, 0.3) is 5.60 Å². The number of aliphatic hydroxyl groups is 4. The summed E-state index contributed by atoms with van der Waals surface area (Å²) < 4.78 is 70.2. The van der Waals surface area contributed by atoms with Gasteiger partial charge in [-0.25, -0.2) is 0 Å². The Bertz CT molecular complexity index is 224. The quantitative estimate of drug-likeness (QED) is 0.466. The second kappa shape index (κ2) is 7.88. The van der Waals surface area contributed by atoms with E-state index in [-0.39, 0.29) is 0 Å². The zero-order valence-corrected chi connectivity index (χ0v) is 9.96. The zero-order chi connectivity index (χ0) is 15.9. The van der Waals surface area contributed by atoms with Gasteiger partial charge in [-0.2, -0.15) is 26.3 Å². The molecule has 0 amide bonds. The third-order valence-corrected chi connectivity index (χ3v) is 1.96. The van der Waals surface area contributed by atoms with Gasteiger partial charge in [0.05, 0.1) is 0 Å². The molecule has 19 heavy (non-hydrogen) atoms. The summed E-state index contributed by atoms with van der Waals surface area (Å²) in [7, 11) is 0. The van der Waals surface area contributed by atoms with E-state index in [1.807, 2.05) is 6.92 Å². The molecular weight excluding hydrogens is 286 g/mol. The molecular formula is C9H16F6O4. The molecule has 0 radical (unpaired) electrons. The molecule has 0 unspecified atom stereocenters. The maximum absolute atomic E-state index is 11.7. The number of hydrogen-bond acceptors (Lipinski definition) is 4. The van der Waals surface area contributed by atoms with Crippen LogP contribution in [-0.2, 0) is 0 Å². The lowest BCUT2D eigenvalue weighted by Crippen LogP contribution is -2.57. The van der Waals surface area contributed by atoms with Crippen molar-refractivity contribution in [3.8, 4) is 0 Å². The number of aliphatic hydroxyl groups excluding tert-OH is 2. The van der Waals surface area contributed by atoms with Crippen LogP contribution in [0.2, 0.25) is 0 Å². The summed E-state index contributed by atoms with van der Waals surface area (Å²) in [5.41, 5.74) is -4.82. The van der Waals surface area contributed by atoms with E-state index in [1.165, 1.54) is 0 Å². The summed E-state index contributed by atoms with van der Waals surface area (Å²) in [6, 6.07) is 0. The van der Waals surface area contributed by atoms with Crippen molar-refractivity contribution in [1.29, 1.82) is 0 Å². The van der Waals surface area contributed by atoms with Gasteiger partial charge < -0.3 is 20.4 Å². The second-order valence-corrected chi connectivity index (χ2v) is 3.60. The van der Waals surface area contributed by atoms with E-state index in [9.17, 15) is 26.3 Å². The van der Waals surface area contributed by atoms with E-state index in [4.69, 9.17) is 20.4 Å². The van der Waals surface area contributed by atoms with Crippen molar-refractivity contribution < 1.29 is 46.8 Å². The minimum absolute atomic E-state index is 0.486. The lowest BCUT2D eigenvalue weighted by atomic mass is 9.99. The van der Waals surface area contributed by atoms with Crippen LogP contribution in [0.1, 0.15) is 26.2 Å². The van der Waals surface area contributed by atoms with Crippen molar-refractivity contribution in [2.24, 2.45) is 0 Å². The van der Waals surface area contributed by atoms with E-state index in [2.05, 4.69) is 0 Å². The van der Waals surface area contributed by atoms with Gasteiger partial charge in [0, 0.05) is 13.0 Å². The van der Waals surface area contributed by atoms with E-state index in [1.54, 1.807) is 0 Å². The molecule has 0 saturated carbocycles. The zero-order valence-electron chi connectivity index (χ0n) is 9.96. The Morgan fingerprint density at radius 3 is 1.37 bits per heavy atom. The molecule has 0 atom stereocenters. The average molecular weight is 302 g/mol. The molecule has 4 N–H and O–H groups in total. The van der Waals surface area contributed by atoms with Gasteiger partial charge in [-0.1, -0.05) is 13.3 Å². The Balaban J connectivity index is 0. The smallest absolute Gasteiger partial charge is 0.396 e. The van der Waals surface area contributed by atoms with Gasteiger partial charge in [0.1, 0.15) is 0 Å². The van der Waals surface area contributed by atoms with Crippen molar-refractivity contribution in [2.75, 3.05) is 6.61 Å². The molecule has 0 rings (SSSR count). The Morgan fingerprint density at radius 1 is 0.947 bits per heavy atom. The standard InChI is InChI=1S/C5H6F6O2.C4H10O2/c6-4(7,8)3(13,1-2-12)5(9,10)11;1-2-3-4(5)6/h12-13H,1-2H2;4-6H,2-3H2,1H3. The van der Waals surface area contributed by atoms with Crippen LogP contribution >= 0.6 is 0 Å². The fourth-order valence-electron chi connectivity index (χ4n) is 0.864. The summed E-state index contributed by atoms with van der Waals surface area (Å²) in [4.78, 5) is 0. The maximum Gasteiger partial charge on any atom is 0.426 e. The van der Waals surface area contributed by atoms with Gasteiger partial charge in [0.2, 0.25) is 0 Å². The first kappa shape index (κ1) is 20.7. The van der Waals surface area contributed by atoms with Crippen LogP contribution in [0.3, 0.4) is 0 Å². The molecule has 0 aromatic heterocycles. The van der Waals surface area contributed by atoms with Crippen molar-refractivity contribution in [3.05, 3.63) is 0 Å². The molecule has 0 aromatic carbocycles. The maximum atomic E-state index is 11.7. The monoisotopic (exact) mass is 302 g/mol. The molecule has 0 fully saturated rings. The van der Waals surface area contributed by atoms with E-state index in [0.29, 0.717) is 6.42 Å². The first-order chi connectivity index (χ1) is 8.33. The van der Waals surface area contributed by atoms with Gasteiger partial charge in [0.15, 0.2) is 6.29 Å². The third-order valence-electron chi connectivity index (χ3n) is 1.96. The Kier molecular flexibility index (Phi) is 8.59. The van der Waals surface area contributed by atoms with Gasteiger partial charge in [-0.3, -0.25) is 0 Å².